The summed E-state index contributed by atoms with van der Waals surface area (Å²) in [6, 6.07) is 13.2. The summed E-state index contributed by atoms with van der Waals surface area (Å²) in [7, 11) is -3.86. The van der Waals surface area contributed by atoms with E-state index >= 15 is 0 Å². The van der Waals surface area contributed by atoms with E-state index in [-0.39, 0.29) is 11.4 Å². The molecule has 3 rings (SSSR count). The third-order valence-electron chi connectivity index (χ3n) is 5.25. The van der Waals surface area contributed by atoms with Gasteiger partial charge in [-0.15, -0.1) is 23.2 Å². The van der Waals surface area contributed by atoms with E-state index in [0.29, 0.717) is 42.7 Å². The zero-order chi connectivity index (χ0) is 23.3. The average molecular weight is 497 g/mol. The number of nitrogens with zero attached hydrogens (tertiary/aromatic N) is 2. The van der Waals surface area contributed by atoms with Crippen LogP contribution in [0.3, 0.4) is 0 Å². The monoisotopic (exact) mass is 496 g/mol. The SMILES string of the molecule is Cc1ccc(S(=O)(=O)N(CCN(CCCl)CCCl)c2ccc3c(C)cc(=O)oc3c2)cc1. The number of alkyl halides is 2. The Balaban J connectivity index is 2.06. The van der Waals surface area contributed by atoms with Crippen molar-refractivity contribution >= 4 is 49.9 Å². The Morgan fingerprint density at radius 1 is 0.875 bits per heavy atom. The number of hydrogen-bond acceptors (Lipinski definition) is 5. The highest BCUT2D eigenvalue weighted by atomic mass is 35.5. The normalized spacial score (nSPS) is 11.9. The molecular formula is C23H26Cl2N2O4S. The molecule has 0 radical (unpaired) electrons. The topological polar surface area (TPSA) is 70.8 Å². The molecule has 0 N–H and O–H groups in total. The van der Waals surface area contributed by atoms with Crippen molar-refractivity contribution < 1.29 is 12.8 Å². The summed E-state index contributed by atoms with van der Waals surface area (Å²) in [4.78, 5) is 14.1. The summed E-state index contributed by atoms with van der Waals surface area (Å²) < 4.78 is 33.9. The third kappa shape index (κ3) is 5.64. The first-order chi connectivity index (χ1) is 15.3. The molecule has 0 fully saturated rings. The van der Waals surface area contributed by atoms with Gasteiger partial charge in [0.1, 0.15) is 5.58 Å². The van der Waals surface area contributed by atoms with E-state index in [1.54, 1.807) is 42.5 Å². The van der Waals surface area contributed by atoms with Crippen LogP contribution in [0.4, 0.5) is 5.69 Å². The van der Waals surface area contributed by atoms with Crippen molar-refractivity contribution in [3.8, 4) is 0 Å². The molecule has 1 aromatic heterocycles. The Morgan fingerprint density at radius 3 is 2.16 bits per heavy atom. The van der Waals surface area contributed by atoms with Crippen LogP contribution in [0.1, 0.15) is 11.1 Å². The molecule has 0 aliphatic carbocycles. The maximum Gasteiger partial charge on any atom is 0.336 e. The van der Waals surface area contributed by atoms with Gasteiger partial charge in [0, 0.05) is 55.5 Å². The van der Waals surface area contributed by atoms with Crippen LogP contribution in [-0.4, -0.2) is 51.3 Å². The van der Waals surface area contributed by atoms with Crippen LogP contribution in [0, 0.1) is 13.8 Å². The fourth-order valence-electron chi connectivity index (χ4n) is 3.50. The minimum atomic E-state index is -3.86. The second kappa shape index (κ2) is 10.7. The number of benzene rings is 2. The zero-order valence-corrected chi connectivity index (χ0v) is 20.4. The van der Waals surface area contributed by atoms with Crippen LogP contribution < -0.4 is 9.93 Å². The molecule has 0 bridgehead atoms. The molecule has 0 aliphatic rings. The van der Waals surface area contributed by atoms with Crippen molar-refractivity contribution in [3.63, 3.8) is 0 Å². The van der Waals surface area contributed by atoms with Crippen LogP contribution in [0.2, 0.25) is 0 Å². The maximum absolute atomic E-state index is 13.6. The molecule has 0 unspecified atom stereocenters. The Morgan fingerprint density at radius 2 is 1.53 bits per heavy atom. The molecule has 32 heavy (non-hydrogen) atoms. The number of hydrogen-bond donors (Lipinski definition) is 0. The number of sulfonamides is 1. The highest BCUT2D eigenvalue weighted by Crippen LogP contribution is 2.28. The van der Waals surface area contributed by atoms with E-state index in [4.69, 9.17) is 27.6 Å². The molecule has 0 aliphatic heterocycles. The smallest absolute Gasteiger partial charge is 0.336 e. The summed E-state index contributed by atoms with van der Waals surface area (Å²) in [6.07, 6.45) is 0. The molecule has 9 heteroatoms. The highest BCUT2D eigenvalue weighted by Gasteiger charge is 2.26. The lowest BCUT2D eigenvalue weighted by Gasteiger charge is -2.28. The molecule has 0 saturated heterocycles. The van der Waals surface area contributed by atoms with Gasteiger partial charge in [-0.2, -0.15) is 0 Å². The van der Waals surface area contributed by atoms with Gasteiger partial charge < -0.3 is 4.42 Å². The lowest BCUT2D eigenvalue weighted by molar-refractivity contribution is 0.316. The summed E-state index contributed by atoms with van der Waals surface area (Å²) in [5.41, 5.74) is 2.02. The van der Waals surface area contributed by atoms with Crippen molar-refractivity contribution in [2.24, 2.45) is 0 Å². The van der Waals surface area contributed by atoms with E-state index < -0.39 is 15.6 Å². The quantitative estimate of drug-likeness (QED) is 0.307. The Kier molecular flexibility index (Phi) is 8.22. The molecule has 1 heterocycles. The summed E-state index contributed by atoms with van der Waals surface area (Å²) >= 11 is 11.8. The second-order valence-electron chi connectivity index (χ2n) is 7.54. The Labute approximate surface area is 198 Å². The van der Waals surface area contributed by atoms with Gasteiger partial charge in [-0.1, -0.05) is 17.7 Å². The van der Waals surface area contributed by atoms with Crippen molar-refractivity contribution in [3.05, 3.63) is 70.1 Å². The molecule has 6 nitrogen and oxygen atoms in total. The first-order valence-corrected chi connectivity index (χ1v) is 12.8. The molecule has 0 atom stereocenters. The molecule has 2 aromatic carbocycles. The summed E-state index contributed by atoms with van der Waals surface area (Å²) in [5.74, 6) is 0.837. The molecule has 3 aromatic rings. The zero-order valence-electron chi connectivity index (χ0n) is 18.1. The van der Waals surface area contributed by atoms with E-state index in [1.807, 2.05) is 18.7 Å². The number of halogens is 2. The predicted molar refractivity (Wildman–Crippen MR) is 131 cm³/mol. The summed E-state index contributed by atoms with van der Waals surface area (Å²) in [6.45, 7) is 5.54. The highest BCUT2D eigenvalue weighted by molar-refractivity contribution is 7.92. The third-order valence-corrected chi connectivity index (χ3v) is 7.43. The van der Waals surface area contributed by atoms with Crippen molar-refractivity contribution in [1.29, 1.82) is 0 Å². The Bertz CT molecular complexity index is 1220. The van der Waals surface area contributed by atoms with Gasteiger partial charge in [-0.05, 0) is 43.7 Å². The lowest BCUT2D eigenvalue weighted by atomic mass is 10.1. The van der Waals surface area contributed by atoms with Crippen molar-refractivity contribution in [2.75, 3.05) is 42.2 Å². The Hall–Kier alpha value is -2.06. The standard InChI is InChI=1S/C23H26Cl2N2O4S/c1-17-3-6-20(7-4-17)32(29,30)27(14-13-26(11-9-24)12-10-25)19-5-8-21-18(2)15-23(28)31-22(21)16-19/h3-8,15-16H,9-14H2,1-2H3. The van der Waals surface area contributed by atoms with E-state index in [9.17, 15) is 13.2 Å². The molecule has 0 amide bonds. The number of anilines is 1. The van der Waals surface area contributed by atoms with Crippen molar-refractivity contribution in [2.45, 2.75) is 18.7 Å². The van der Waals surface area contributed by atoms with Gasteiger partial charge in [-0.25, -0.2) is 13.2 Å². The fourth-order valence-corrected chi connectivity index (χ4v) is 5.43. The largest absolute Gasteiger partial charge is 0.423 e. The first kappa shape index (κ1) is 24.6. The second-order valence-corrected chi connectivity index (χ2v) is 10.2. The van der Waals surface area contributed by atoms with E-state index in [2.05, 4.69) is 0 Å². The number of aryl methyl sites for hydroxylation is 2. The number of rotatable bonds is 10. The minimum Gasteiger partial charge on any atom is -0.423 e. The van der Waals surface area contributed by atoms with Crippen LogP contribution >= 0.6 is 23.2 Å². The fraction of sp³-hybridized carbons (Fsp3) is 0.348. The predicted octanol–water partition coefficient (Wildman–Crippen LogP) is 4.38. The van der Waals surface area contributed by atoms with Gasteiger partial charge in [-0.3, -0.25) is 9.21 Å². The van der Waals surface area contributed by atoms with E-state index in [1.165, 1.54) is 10.4 Å². The minimum absolute atomic E-state index is 0.186. The van der Waals surface area contributed by atoms with Gasteiger partial charge in [0.25, 0.3) is 10.0 Å². The molecule has 0 spiro atoms. The maximum atomic E-state index is 13.6. The number of fused-ring (bicyclic) bond motifs is 1. The van der Waals surface area contributed by atoms with Crippen molar-refractivity contribution in [1.82, 2.24) is 4.90 Å². The summed E-state index contributed by atoms with van der Waals surface area (Å²) in [5, 5.41) is 0.756. The van der Waals surface area contributed by atoms with E-state index in [0.717, 1.165) is 16.5 Å². The molecular weight excluding hydrogens is 471 g/mol. The first-order valence-electron chi connectivity index (χ1n) is 10.2. The van der Waals surface area contributed by atoms with Gasteiger partial charge in [0.2, 0.25) is 0 Å². The lowest BCUT2D eigenvalue weighted by Crippen LogP contribution is -2.40. The van der Waals surface area contributed by atoms with Gasteiger partial charge in [0.05, 0.1) is 10.6 Å². The van der Waals surface area contributed by atoms with Crippen LogP contribution in [-0.2, 0) is 10.0 Å². The average Bonchev–Trinajstić information content (AvgIpc) is 2.74. The van der Waals surface area contributed by atoms with Crippen LogP contribution in [0.25, 0.3) is 11.0 Å². The van der Waals surface area contributed by atoms with Gasteiger partial charge in [0.15, 0.2) is 0 Å². The van der Waals surface area contributed by atoms with Gasteiger partial charge >= 0.3 is 5.63 Å². The molecule has 0 saturated carbocycles. The van der Waals surface area contributed by atoms with Crippen LogP contribution in [0.15, 0.2) is 62.6 Å². The van der Waals surface area contributed by atoms with Crippen LogP contribution in [0.5, 0.6) is 0 Å². The molecule has 172 valence electrons.